The number of carbonyl (C=O) groups is 1. The first-order valence-corrected chi connectivity index (χ1v) is 7.46. The van der Waals surface area contributed by atoms with Crippen LogP contribution in [0.15, 0.2) is 36.7 Å². The van der Waals surface area contributed by atoms with Gasteiger partial charge in [0.2, 0.25) is 0 Å². The molecule has 1 aromatic carbocycles. The van der Waals surface area contributed by atoms with E-state index in [9.17, 15) is 4.79 Å². The molecule has 6 heteroatoms. The second kappa shape index (κ2) is 4.53. The Hall–Kier alpha value is -2.47. The molecule has 1 aliphatic rings. The molecule has 1 aliphatic heterocycles. The minimum Gasteiger partial charge on any atom is -0.396 e. The van der Waals surface area contributed by atoms with Gasteiger partial charge in [-0.05, 0) is 18.1 Å². The summed E-state index contributed by atoms with van der Waals surface area (Å²) in [7, 11) is 0. The van der Waals surface area contributed by atoms with Crippen LogP contribution in [-0.4, -0.2) is 22.4 Å². The van der Waals surface area contributed by atoms with Gasteiger partial charge in [-0.15, -0.1) is 11.3 Å². The zero-order chi connectivity index (χ0) is 14.4. The van der Waals surface area contributed by atoms with E-state index < -0.39 is 0 Å². The highest BCUT2D eigenvalue weighted by Crippen LogP contribution is 2.35. The number of benzene rings is 1. The zero-order valence-electron chi connectivity index (χ0n) is 11.1. The molecule has 0 atom stereocenters. The number of hydrogen-bond acceptors (Lipinski definition) is 5. The molecule has 0 spiro atoms. The van der Waals surface area contributed by atoms with E-state index in [2.05, 4.69) is 16.0 Å². The maximum atomic E-state index is 12.8. The average molecular weight is 296 g/mol. The summed E-state index contributed by atoms with van der Waals surface area (Å²) in [6.07, 6.45) is 4.08. The molecular formula is C15H12N4OS. The van der Waals surface area contributed by atoms with Gasteiger partial charge in [-0.3, -0.25) is 4.79 Å². The van der Waals surface area contributed by atoms with Crippen LogP contribution in [0.1, 0.15) is 15.2 Å². The van der Waals surface area contributed by atoms with Crippen LogP contribution in [0.5, 0.6) is 0 Å². The van der Waals surface area contributed by atoms with E-state index in [0.29, 0.717) is 27.5 Å². The molecule has 0 saturated heterocycles. The molecule has 3 aromatic rings. The number of hydrogen-bond donors (Lipinski definition) is 1. The highest BCUT2D eigenvalue weighted by molar-refractivity contribution is 7.21. The molecule has 2 aromatic heterocycles. The molecule has 0 fully saturated rings. The average Bonchev–Trinajstić information content (AvgIpc) is 3.09. The van der Waals surface area contributed by atoms with Crippen LogP contribution in [-0.2, 0) is 6.42 Å². The molecule has 3 heterocycles. The Kier molecular flexibility index (Phi) is 2.65. The molecule has 1 amide bonds. The topological polar surface area (TPSA) is 72.1 Å². The first kappa shape index (κ1) is 12.3. The van der Waals surface area contributed by atoms with Crippen LogP contribution in [0.4, 0.5) is 11.4 Å². The molecule has 0 radical (unpaired) electrons. The SMILES string of the molecule is Nc1c(C(=O)N2CCc3ccccc32)sc2nccnc12. The number of anilines is 2. The summed E-state index contributed by atoms with van der Waals surface area (Å²) >= 11 is 1.30. The number of amides is 1. The molecule has 0 unspecified atom stereocenters. The number of nitrogens with two attached hydrogens (primary N) is 1. The predicted octanol–water partition coefficient (Wildman–Crippen LogP) is 2.48. The number of thiophene rings is 1. The number of aromatic nitrogens is 2. The monoisotopic (exact) mass is 296 g/mol. The summed E-state index contributed by atoms with van der Waals surface area (Å²) in [5.41, 5.74) is 9.29. The van der Waals surface area contributed by atoms with Gasteiger partial charge in [-0.1, -0.05) is 18.2 Å². The van der Waals surface area contributed by atoms with E-state index in [4.69, 9.17) is 5.73 Å². The zero-order valence-corrected chi connectivity index (χ0v) is 11.9. The van der Waals surface area contributed by atoms with Gasteiger partial charge in [-0.2, -0.15) is 0 Å². The van der Waals surface area contributed by atoms with Gasteiger partial charge in [0.25, 0.3) is 5.91 Å². The molecule has 4 rings (SSSR count). The number of nitrogen functional groups attached to an aromatic ring is 1. The fraction of sp³-hybridized carbons (Fsp3) is 0.133. The minimum absolute atomic E-state index is 0.0674. The van der Waals surface area contributed by atoms with Gasteiger partial charge in [-0.25, -0.2) is 9.97 Å². The van der Waals surface area contributed by atoms with Crippen molar-refractivity contribution in [2.24, 2.45) is 0 Å². The molecule has 21 heavy (non-hydrogen) atoms. The second-order valence-electron chi connectivity index (χ2n) is 4.89. The van der Waals surface area contributed by atoms with E-state index >= 15 is 0 Å². The van der Waals surface area contributed by atoms with E-state index in [-0.39, 0.29) is 5.91 Å². The Morgan fingerprint density at radius 2 is 2.05 bits per heavy atom. The van der Waals surface area contributed by atoms with Crippen LogP contribution >= 0.6 is 11.3 Å². The molecule has 2 N–H and O–H groups in total. The number of nitrogens with zero attached hydrogens (tertiary/aromatic N) is 3. The van der Waals surface area contributed by atoms with E-state index in [1.54, 1.807) is 17.3 Å². The first-order chi connectivity index (χ1) is 10.3. The molecule has 104 valence electrons. The number of fused-ring (bicyclic) bond motifs is 2. The lowest BCUT2D eigenvalue weighted by Crippen LogP contribution is -2.28. The molecule has 0 aliphatic carbocycles. The van der Waals surface area contributed by atoms with Crippen LogP contribution in [0, 0.1) is 0 Å². The summed E-state index contributed by atoms with van der Waals surface area (Å²) in [6.45, 7) is 0.687. The molecule has 5 nitrogen and oxygen atoms in total. The summed E-state index contributed by atoms with van der Waals surface area (Å²) in [5, 5.41) is 0. The van der Waals surface area contributed by atoms with Gasteiger partial charge in [0.15, 0.2) is 0 Å². The van der Waals surface area contributed by atoms with Crippen molar-refractivity contribution >= 4 is 39.0 Å². The summed E-state index contributed by atoms with van der Waals surface area (Å²) in [4.78, 5) is 24.2. The highest BCUT2D eigenvalue weighted by Gasteiger charge is 2.28. The lowest BCUT2D eigenvalue weighted by Gasteiger charge is -2.16. The van der Waals surface area contributed by atoms with Crippen molar-refractivity contribution in [3.05, 3.63) is 47.1 Å². The Morgan fingerprint density at radius 3 is 2.90 bits per heavy atom. The largest absolute Gasteiger partial charge is 0.396 e. The summed E-state index contributed by atoms with van der Waals surface area (Å²) in [6, 6.07) is 7.97. The molecule has 0 saturated carbocycles. The summed E-state index contributed by atoms with van der Waals surface area (Å²) < 4.78 is 0. The van der Waals surface area contributed by atoms with Gasteiger partial charge in [0.05, 0.1) is 5.69 Å². The van der Waals surface area contributed by atoms with Gasteiger partial charge in [0.1, 0.15) is 15.2 Å². The van der Waals surface area contributed by atoms with Crippen LogP contribution in [0.2, 0.25) is 0 Å². The van der Waals surface area contributed by atoms with Crippen molar-refractivity contribution in [2.75, 3.05) is 17.2 Å². The van der Waals surface area contributed by atoms with Gasteiger partial charge in [0, 0.05) is 24.6 Å². The second-order valence-corrected chi connectivity index (χ2v) is 5.89. The van der Waals surface area contributed by atoms with Crippen LogP contribution in [0.25, 0.3) is 10.3 Å². The maximum Gasteiger partial charge on any atom is 0.270 e. The fourth-order valence-corrected chi connectivity index (χ4v) is 3.64. The quantitative estimate of drug-likeness (QED) is 0.749. The van der Waals surface area contributed by atoms with Crippen molar-refractivity contribution in [3.8, 4) is 0 Å². The Bertz CT molecular complexity index is 858. The third-order valence-electron chi connectivity index (χ3n) is 3.69. The third-order valence-corrected chi connectivity index (χ3v) is 4.78. The third kappa shape index (κ3) is 1.80. The van der Waals surface area contributed by atoms with E-state index in [1.165, 1.54) is 16.9 Å². The smallest absolute Gasteiger partial charge is 0.270 e. The van der Waals surface area contributed by atoms with Crippen LogP contribution in [0.3, 0.4) is 0 Å². The Morgan fingerprint density at radius 1 is 1.24 bits per heavy atom. The normalized spacial score (nSPS) is 13.6. The lowest BCUT2D eigenvalue weighted by molar-refractivity contribution is 0.0994. The van der Waals surface area contributed by atoms with Crippen molar-refractivity contribution in [1.29, 1.82) is 0 Å². The summed E-state index contributed by atoms with van der Waals surface area (Å²) in [5.74, 6) is -0.0674. The van der Waals surface area contributed by atoms with Crippen molar-refractivity contribution in [2.45, 2.75) is 6.42 Å². The number of para-hydroxylation sites is 1. The highest BCUT2D eigenvalue weighted by atomic mass is 32.1. The minimum atomic E-state index is -0.0674. The fourth-order valence-electron chi connectivity index (χ4n) is 2.67. The van der Waals surface area contributed by atoms with Gasteiger partial charge < -0.3 is 10.6 Å². The van der Waals surface area contributed by atoms with Crippen molar-refractivity contribution < 1.29 is 4.79 Å². The standard InChI is InChI=1S/C15H12N4OS/c16-11-12-14(18-7-6-17-12)21-13(11)15(20)19-8-5-9-3-1-2-4-10(9)19/h1-4,6-7H,5,8,16H2. The predicted molar refractivity (Wildman–Crippen MR) is 83.6 cm³/mol. The van der Waals surface area contributed by atoms with Crippen molar-refractivity contribution in [1.82, 2.24) is 9.97 Å². The lowest BCUT2D eigenvalue weighted by atomic mass is 10.2. The number of carbonyl (C=O) groups excluding carboxylic acids is 1. The maximum absolute atomic E-state index is 12.8. The molecular weight excluding hydrogens is 284 g/mol. The van der Waals surface area contributed by atoms with E-state index in [0.717, 1.165) is 12.1 Å². The van der Waals surface area contributed by atoms with Crippen LogP contribution < -0.4 is 10.6 Å². The van der Waals surface area contributed by atoms with Crippen molar-refractivity contribution in [3.63, 3.8) is 0 Å². The van der Waals surface area contributed by atoms with Gasteiger partial charge >= 0.3 is 0 Å². The molecule has 0 bridgehead atoms. The van der Waals surface area contributed by atoms with E-state index in [1.807, 2.05) is 18.2 Å². The Balaban J connectivity index is 1.80. The first-order valence-electron chi connectivity index (χ1n) is 6.64. The Labute approximate surface area is 125 Å². The number of rotatable bonds is 1.